The van der Waals surface area contributed by atoms with Gasteiger partial charge in [-0.05, 0) is 30.9 Å². The smallest absolute Gasteiger partial charge is 0.256 e. The van der Waals surface area contributed by atoms with Gasteiger partial charge in [0.1, 0.15) is 5.82 Å². The average Bonchev–Trinajstić information content (AvgIpc) is 3.15. The fraction of sp³-hybridized carbons (Fsp3) is 0.357. The molecular formula is C14H15FN2O. The average molecular weight is 246 g/mol. The van der Waals surface area contributed by atoms with E-state index in [-0.39, 0.29) is 23.7 Å². The van der Waals surface area contributed by atoms with Crippen LogP contribution >= 0.6 is 0 Å². The van der Waals surface area contributed by atoms with Gasteiger partial charge in [0, 0.05) is 6.54 Å². The summed E-state index contributed by atoms with van der Waals surface area (Å²) in [6.45, 7) is 0.851. The van der Waals surface area contributed by atoms with Crippen molar-refractivity contribution in [3.8, 4) is 12.3 Å². The molecule has 0 heterocycles. The summed E-state index contributed by atoms with van der Waals surface area (Å²) < 4.78 is 13.3. The molecular weight excluding hydrogens is 231 g/mol. The summed E-state index contributed by atoms with van der Waals surface area (Å²) in [5.74, 6) is 2.11. The summed E-state index contributed by atoms with van der Waals surface area (Å²) in [6.07, 6.45) is 7.50. The molecule has 0 bridgehead atoms. The van der Waals surface area contributed by atoms with E-state index in [1.165, 1.54) is 18.2 Å². The summed E-state index contributed by atoms with van der Waals surface area (Å²) in [5, 5.41) is 0. The number of carbonyl (C=O) groups excluding carboxylic acids is 1. The lowest BCUT2D eigenvalue weighted by Gasteiger charge is -2.21. The highest BCUT2D eigenvalue weighted by molar-refractivity contribution is 5.99. The van der Waals surface area contributed by atoms with Crippen molar-refractivity contribution in [2.24, 2.45) is 5.92 Å². The highest BCUT2D eigenvalue weighted by Gasteiger charge is 2.27. The number of amides is 1. The van der Waals surface area contributed by atoms with E-state index in [0.29, 0.717) is 12.5 Å². The molecule has 1 saturated carbocycles. The van der Waals surface area contributed by atoms with Crippen LogP contribution in [0, 0.1) is 24.1 Å². The number of nitrogens with two attached hydrogens (primary N) is 1. The van der Waals surface area contributed by atoms with Gasteiger partial charge in [-0.1, -0.05) is 12.0 Å². The maximum Gasteiger partial charge on any atom is 0.256 e. The van der Waals surface area contributed by atoms with Crippen LogP contribution in [0.15, 0.2) is 18.2 Å². The molecule has 0 radical (unpaired) electrons. The van der Waals surface area contributed by atoms with E-state index in [9.17, 15) is 9.18 Å². The van der Waals surface area contributed by atoms with Crippen LogP contribution in [0.2, 0.25) is 0 Å². The Morgan fingerprint density at radius 3 is 2.89 bits per heavy atom. The van der Waals surface area contributed by atoms with Crippen LogP contribution in [0.4, 0.5) is 10.1 Å². The maximum absolute atomic E-state index is 13.3. The maximum atomic E-state index is 13.3. The molecule has 0 spiro atoms. The Morgan fingerprint density at radius 2 is 2.28 bits per heavy atom. The molecule has 0 aromatic heterocycles. The predicted octanol–water partition coefficient (Wildman–Crippen LogP) is 1.89. The van der Waals surface area contributed by atoms with Crippen molar-refractivity contribution >= 4 is 11.6 Å². The number of hydrogen-bond donors (Lipinski definition) is 1. The second-order valence-corrected chi connectivity index (χ2v) is 4.53. The molecule has 2 N–H and O–H groups in total. The van der Waals surface area contributed by atoms with Crippen molar-refractivity contribution in [1.29, 1.82) is 0 Å². The van der Waals surface area contributed by atoms with E-state index in [0.717, 1.165) is 12.8 Å². The summed E-state index contributed by atoms with van der Waals surface area (Å²) >= 11 is 0. The van der Waals surface area contributed by atoms with Gasteiger partial charge in [0.05, 0.1) is 17.8 Å². The fourth-order valence-corrected chi connectivity index (χ4v) is 1.84. The summed E-state index contributed by atoms with van der Waals surface area (Å²) in [6, 6.07) is 4.24. The number of rotatable bonds is 4. The van der Waals surface area contributed by atoms with Gasteiger partial charge < -0.3 is 10.6 Å². The molecule has 1 aromatic carbocycles. The van der Waals surface area contributed by atoms with Crippen LogP contribution in [-0.4, -0.2) is 23.9 Å². The van der Waals surface area contributed by atoms with E-state index in [1.54, 1.807) is 4.90 Å². The van der Waals surface area contributed by atoms with Gasteiger partial charge in [-0.2, -0.15) is 0 Å². The van der Waals surface area contributed by atoms with Crippen molar-refractivity contribution in [2.45, 2.75) is 12.8 Å². The van der Waals surface area contributed by atoms with Crippen molar-refractivity contribution in [2.75, 3.05) is 18.8 Å². The van der Waals surface area contributed by atoms with Crippen LogP contribution in [0.1, 0.15) is 23.2 Å². The van der Waals surface area contributed by atoms with Crippen LogP contribution < -0.4 is 5.73 Å². The van der Waals surface area contributed by atoms with Gasteiger partial charge in [0.15, 0.2) is 0 Å². The number of carbonyl (C=O) groups is 1. The molecule has 1 aliphatic carbocycles. The van der Waals surface area contributed by atoms with Crippen LogP contribution in [0.3, 0.4) is 0 Å². The number of halogens is 1. The predicted molar refractivity (Wildman–Crippen MR) is 68.3 cm³/mol. The van der Waals surface area contributed by atoms with Crippen LogP contribution in [-0.2, 0) is 0 Å². The van der Waals surface area contributed by atoms with Gasteiger partial charge in [0.2, 0.25) is 0 Å². The Bertz CT molecular complexity index is 503. The van der Waals surface area contributed by atoms with Gasteiger partial charge >= 0.3 is 0 Å². The Morgan fingerprint density at radius 1 is 1.56 bits per heavy atom. The largest absolute Gasteiger partial charge is 0.396 e. The van der Waals surface area contributed by atoms with E-state index in [1.807, 2.05) is 0 Å². The zero-order valence-electron chi connectivity index (χ0n) is 10.0. The minimum atomic E-state index is -0.576. The number of para-hydroxylation sites is 1. The molecule has 2 rings (SSSR count). The number of benzene rings is 1. The Balaban J connectivity index is 2.21. The van der Waals surface area contributed by atoms with Crippen LogP contribution in [0.25, 0.3) is 0 Å². The Labute approximate surface area is 106 Å². The molecule has 3 nitrogen and oxygen atoms in total. The monoisotopic (exact) mass is 246 g/mol. The number of nitrogen functional groups attached to an aromatic ring is 1. The van der Waals surface area contributed by atoms with Gasteiger partial charge in [-0.25, -0.2) is 4.39 Å². The molecule has 94 valence electrons. The van der Waals surface area contributed by atoms with Gasteiger partial charge in [0.25, 0.3) is 5.91 Å². The van der Waals surface area contributed by atoms with Crippen molar-refractivity contribution in [1.82, 2.24) is 4.90 Å². The first kappa shape index (κ1) is 12.4. The molecule has 1 aromatic rings. The highest BCUT2D eigenvalue weighted by Crippen LogP contribution is 2.30. The number of hydrogen-bond acceptors (Lipinski definition) is 2. The highest BCUT2D eigenvalue weighted by atomic mass is 19.1. The molecule has 0 saturated heterocycles. The third kappa shape index (κ3) is 2.62. The minimum absolute atomic E-state index is 0.111. The van der Waals surface area contributed by atoms with Crippen molar-refractivity contribution in [3.05, 3.63) is 29.6 Å². The van der Waals surface area contributed by atoms with E-state index in [4.69, 9.17) is 12.2 Å². The summed E-state index contributed by atoms with van der Waals surface area (Å²) in [5.41, 5.74) is 5.66. The normalized spacial score (nSPS) is 14.0. The molecule has 1 fully saturated rings. The standard InChI is InChI=1S/C14H15FN2O/c1-2-8-17(9-10-6-7-10)14(18)11-4-3-5-12(15)13(11)16/h1,3-5,10H,6-9,16H2. The zero-order chi connectivity index (χ0) is 13.1. The lowest BCUT2D eigenvalue weighted by molar-refractivity contribution is 0.0770. The van der Waals surface area contributed by atoms with E-state index in [2.05, 4.69) is 5.92 Å². The van der Waals surface area contributed by atoms with Crippen molar-refractivity contribution < 1.29 is 9.18 Å². The Kier molecular flexibility index (Phi) is 3.52. The van der Waals surface area contributed by atoms with Crippen LogP contribution in [0.5, 0.6) is 0 Å². The second kappa shape index (κ2) is 5.09. The third-order valence-electron chi connectivity index (χ3n) is 3.03. The Hall–Kier alpha value is -2.02. The number of anilines is 1. The fourth-order valence-electron chi connectivity index (χ4n) is 1.84. The topological polar surface area (TPSA) is 46.3 Å². The number of terminal acetylenes is 1. The second-order valence-electron chi connectivity index (χ2n) is 4.53. The van der Waals surface area contributed by atoms with Gasteiger partial charge in [-0.3, -0.25) is 4.79 Å². The first-order chi connectivity index (χ1) is 8.63. The zero-order valence-corrected chi connectivity index (χ0v) is 10.0. The molecule has 0 aliphatic heterocycles. The molecule has 0 atom stereocenters. The molecule has 18 heavy (non-hydrogen) atoms. The SMILES string of the molecule is C#CCN(CC1CC1)C(=O)c1cccc(F)c1N. The molecule has 1 aliphatic rings. The summed E-state index contributed by atoms with van der Waals surface area (Å²) in [7, 11) is 0. The number of nitrogens with zero attached hydrogens (tertiary/aromatic N) is 1. The van der Waals surface area contributed by atoms with Crippen molar-refractivity contribution in [3.63, 3.8) is 0 Å². The minimum Gasteiger partial charge on any atom is -0.396 e. The third-order valence-corrected chi connectivity index (χ3v) is 3.03. The first-order valence-electron chi connectivity index (χ1n) is 5.90. The quantitative estimate of drug-likeness (QED) is 0.651. The molecule has 1 amide bonds. The van der Waals surface area contributed by atoms with E-state index >= 15 is 0 Å². The van der Waals surface area contributed by atoms with E-state index < -0.39 is 5.82 Å². The first-order valence-corrected chi connectivity index (χ1v) is 5.90. The molecule has 4 heteroatoms. The summed E-state index contributed by atoms with van der Waals surface area (Å²) in [4.78, 5) is 13.8. The lowest BCUT2D eigenvalue weighted by atomic mass is 10.1. The molecule has 0 unspecified atom stereocenters. The van der Waals surface area contributed by atoms with Gasteiger partial charge in [-0.15, -0.1) is 6.42 Å². The lowest BCUT2D eigenvalue weighted by Crippen LogP contribution is -2.33.